The van der Waals surface area contributed by atoms with Gasteiger partial charge in [-0.1, -0.05) is 13.8 Å². The molecule has 0 aliphatic carbocycles. The van der Waals surface area contributed by atoms with E-state index in [1.807, 2.05) is 4.90 Å². The highest BCUT2D eigenvalue weighted by Crippen LogP contribution is 2.44. The van der Waals surface area contributed by atoms with E-state index in [9.17, 15) is 4.79 Å². The number of ether oxygens (including phenoxy) is 1. The second-order valence-corrected chi connectivity index (χ2v) is 5.00. The van der Waals surface area contributed by atoms with Crippen LogP contribution in [0.1, 0.15) is 27.7 Å². The number of rotatable bonds is 1. The van der Waals surface area contributed by atoms with E-state index in [1.54, 1.807) is 0 Å². The van der Waals surface area contributed by atoms with Crippen LogP contribution in [0.3, 0.4) is 0 Å². The van der Waals surface area contributed by atoms with Gasteiger partial charge in [-0.2, -0.15) is 0 Å². The third kappa shape index (κ3) is 1.03. The molecule has 2 fully saturated rings. The van der Waals surface area contributed by atoms with Crippen molar-refractivity contribution in [2.75, 3.05) is 6.61 Å². The van der Waals surface area contributed by atoms with E-state index in [0.717, 1.165) is 0 Å². The number of nitrogens with zero attached hydrogens (tertiary/aromatic N) is 1. The van der Waals surface area contributed by atoms with Crippen molar-refractivity contribution in [3.63, 3.8) is 0 Å². The first kappa shape index (κ1) is 9.00. The number of amides is 1. The van der Waals surface area contributed by atoms with Crippen LogP contribution in [0.2, 0.25) is 0 Å². The van der Waals surface area contributed by atoms with E-state index < -0.39 is 0 Å². The van der Waals surface area contributed by atoms with Crippen LogP contribution in [-0.4, -0.2) is 35.6 Å². The third-order valence-corrected chi connectivity index (χ3v) is 3.08. The Hall–Kier alpha value is -0.570. The van der Waals surface area contributed by atoms with Crippen molar-refractivity contribution in [3.05, 3.63) is 0 Å². The van der Waals surface area contributed by atoms with Crippen molar-refractivity contribution in [2.45, 2.75) is 45.9 Å². The van der Waals surface area contributed by atoms with Crippen molar-refractivity contribution in [1.82, 2.24) is 4.90 Å². The van der Waals surface area contributed by atoms with Crippen LogP contribution in [0, 0.1) is 5.41 Å². The molecule has 0 bridgehead atoms. The molecule has 0 spiro atoms. The van der Waals surface area contributed by atoms with Crippen LogP contribution in [0.5, 0.6) is 0 Å². The lowest BCUT2D eigenvalue weighted by Gasteiger charge is -2.49. The first-order valence-electron chi connectivity index (χ1n) is 4.89. The van der Waals surface area contributed by atoms with Gasteiger partial charge in [0, 0.05) is 11.5 Å². The number of likely N-dealkylation sites (tertiary alicyclic amines) is 1. The van der Waals surface area contributed by atoms with Gasteiger partial charge in [-0.3, -0.25) is 4.79 Å². The van der Waals surface area contributed by atoms with Gasteiger partial charge in [0.05, 0.1) is 12.6 Å². The standard InChI is InChI=1S/C10H17NO2/c1-6(2)11-8-7(9(11)12)13-5-10(8,3)4/h6-8H,5H2,1-4H3/t7-,8-/m0/s1. The molecule has 74 valence electrons. The summed E-state index contributed by atoms with van der Waals surface area (Å²) in [6.45, 7) is 9.15. The zero-order valence-corrected chi connectivity index (χ0v) is 8.70. The number of hydrogen-bond donors (Lipinski definition) is 0. The van der Waals surface area contributed by atoms with Gasteiger partial charge in [0.25, 0.3) is 5.91 Å². The predicted molar refractivity (Wildman–Crippen MR) is 49.3 cm³/mol. The lowest BCUT2D eigenvalue weighted by atomic mass is 9.78. The van der Waals surface area contributed by atoms with Crippen LogP contribution in [0.25, 0.3) is 0 Å². The first-order chi connectivity index (χ1) is 5.95. The summed E-state index contributed by atoms with van der Waals surface area (Å²) in [6.07, 6.45) is -0.141. The highest BCUT2D eigenvalue weighted by Gasteiger charge is 2.60. The van der Waals surface area contributed by atoms with Crippen molar-refractivity contribution in [3.8, 4) is 0 Å². The Kier molecular flexibility index (Phi) is 1.71. The smallest absolute Gasteiger partial charge is 0.254 e. The molecule has 3 heteroatoms. The maximum absolute atomic E-state index is 11.6. The topological polar surface area (TPSA) is 29.5 Å². The molecule has 1 amide bonds. The molecule has 3 nitrogen and oxygen atoms in total. The van der Waals surface area contributed by atoms with Crippen molar-refractivity contribution < 1.29 is 9.53 Å². The van der Waals surface area contributed by atoms with Crippen LogP contribution < -0.4 is 0 Å². The second-order valence-electron chi connectivity index (χ2n) is 5.00. The zero-order chi connectivity index (χ0) is 9.80. The van der Waals surface area contributed by atoms with E-state index in [4.69, 9.17) is 4.74 Å². The molecule has 0 N–H and O–H groups in total. The monoisotopic (exact) mass is 183 g/mol. The van der Waals surface area contributed by atoms with Gasteiger partial charge in [-0.05, 0) is 13.8 Å². The number of carbonyl (C=O) groups excluding carboxylic acids is 1. The Morgan fingerprint density at radius 1 is 1.54 bits per heavy atom. The zero-order valence-electron chi connectivity index (χ0n) is 8.70. The van der Waals surface area contributed by atoms with Crippen LogP contribution >= 0.6 is 0 Å². The fourth-order valence-electron chi connectivity index (χ4n) is 2.40. The Bertz CT molecular complexity index is 247. The van der Waals surface area contributed by atoms with Gasteiger partial charge >= 0.3 is 0 Å². The molecule has 0 unspecified atom stereocenters. The Labute approximate surface area is 79.0 Å². The highest BCUT2D eigenvalue weighted by atomic mass is 16.5. The van der Waals surface area contributed by atoms with E-state index >= 15 is 0 Å². The minimum Gasteiger partial charge on any atom is -0.366 e. The van der Waals surface area contributed by atoms with E-state index in [2.05, 4.69) is 27.7 Å². The van der Waals surface area contributed by atoms with Gasteiger partial charge in [0.15, 0.2) is 6.10 Å². The molecule has 2 aliphatic heterocycles. The Morgan fingerprint density at radius 3 is 2.69 bits per heavy atom. The lowest BCUT2D eigenvalue weighted by Crippen LogP contribution is -2.68. The Morgan fingerprint density at radius 2 is 2.15 bits per heavy atom. The maximum Gasteiger partial charge on any atom is 0.254 e. The van der Waals surface area contributed by atoms with Gasteiger partial charge in [0.2, 0.25) is 0 Å². The molecule has 0 aromatic rings. The average Bonchev–Trinajstić information content (AvgIpc) is 2.22. The third-order valence-electron chi connectivity index (χ3n) is 3.08. The summed E-state index contributed by atoms with van der Waals surface area (Å²) in [7, 11) is 0. The fourth-order valence-corrected chi connectivity index (χ4v) is 2.40. The summed E-state index contributed by atoms with van der Waals surface area (Å²) in [5.41, 5.74) is 0.128. The van der Waals surface area contributed by atoms with Crippen LogP contribution in [-0.2, 0) is 9.53 Å². The largest absolute Gasteiger partial charge is 0.366 e. The maximum atomic E-state index is 11.6. The molecular weight excluding hydrogens is 166 g/mol. The summed E-state index contributed by atoms with van der Waals surface area (Å²) >= 11 is 0. The summed E-state index contributed by atoms with van der Waals surface area (Å²) < 4.78 is 5.47. The lowest BCUT2D eigenvalue weighted by molar-refractivity contribution is -0.167. The molecule has 13 heavy (non-hydrogen) atoms. The van der Waals surface area contributed by atoms with Gasteiger partial charge < -0.3 is 9.64 Å². The normalized spacial score (nSPS) is 36.4. The van der Waals surface area contributed by atoms with E-state index in [1.165, 1.54) is 0 Å². The predicted octanol–water partition coefficient (Wildman–Crippen LogP) is 1.03. The Balaban J connectivity index is 2.21. The molecular formula is C10H17NO2. The van der Waals surface area contributed by atoms with Crippen molar-refractivity contribution in [2.24, 2.45) is 5.41 Å². The van der Waals surface area contributed by atoms with Gasteiger partial charge in [-0.15, -0.1) is 0 Å². The molecule has 0 radical (unpaired) electrons. The summed E-state index contributed by atoms with van der Waals surface area (Å²) in [5.74, 6) is 0.172. The molecule has 0 saturated carbocycles. The number of fused-ring (bicyclic) bond motifs is 1. The van der Waals surface area contributed by atoms with Gasteiger partial charge in [0.1, 0.15) is 0 Å². The molecule has 2 heterocycles. The van der Waals surface area contributed by atoms with E-state index in [-0.39, 0.29) is 17.4 Å². The summed E-state index contributed by atoms with van der Waals surface area (Å²) in [6, 6.07) is 0.606. The molecule has 2 atom stereocenters. The highest BCUT2D eigenvalue weighted by molar-refractivity contribution is 5.89. The van der Waals surface area contributed by atoms with Gasteiger partial charge in [-0.25, -0.2) is 0 Å². The minimum atomic E-state index is -0.141. The fraction of sp³-hybridized carbons (Fsp3) is 0.900. The molecule has 2 saturated heterocycles. The summed E-state index contributed by atoms with van der Waals surface area (Å²) in [4.78, 5) is 13.5. The van der Waals surface area contributed by atoms with Crippen molar-refractivity contribution in [1.29, 1.82) is 0 Å². The SMILES string of the molecule is CC(C)N1C(=O)[C@H]2OCC(C)(C)[C@H]21. The summed E-state index contributed by atoms with van der Waals surface area (Å²) in [5, 5.41) is 0. The number of carbonyl (C=O) groups is 1. The van der Waals surface area contributed by atoms with Crippen LogP contribution in [0.15, 0.2) is 0 Å². The first-order valence-corrected chi connectivity index (χ1v) is 4.89. The molecule has 2 rings (SSSR count). The number of hydrogen-bond acceptors (Lipinski definition) is 2. The quantitative estimate of drug-likeness (QED) is 0.568. The minimum absolute atomic E-state index is 0.128. The molecule has 2 aliphatic rings. The number of β-lactam (4-membered cyclic amide) rings is 1. The van der Waals surface area contributed by atoms with E-state index in [0.29, 0.717) is 18.7 Å². The molecule has 0 aromatic carbocycles. The van der Waals surface area contributed by atoms with Crippen molar-refractivity contribution >= 4 is 5.91 Å². The molecule has 0 aromatic heterocycles. The van der Waals surface area contributed by atoms with Crippen LogP contribution in [0.4, 0.5) is 0 Å². The average molecular weight is 183 g/mol. The second kappa shape index (κ2) is 2.47.